The average Bonchev–Trinajstić information content (AvgIpc) is 2.43. The van der Waals surface area contributed by atoms with Crippen molar-refractivity contribution in [2.24, 2.45) is 0 Å². The van der Waals surface area contributed by atoms with Gasteiger partial charge in [-0.15, -0.1) is 0 Å². The van der Waals surface area contributed by atoms with Crippen molar-refractivity contribution in [2.45, 2.75) is 45.1 Å². The summed E-state index contributed by atoms with van der Waals surface area (Å²) in [6.07, 6.45) is 3.23. The summed E-state index contributed by atoms with van der Waals surface area (Å²) in [6.45, 7) is 4.85. The third kappa shape index (κ3) is 6.71. The number of halogens is 1. The fraction of sp³-hybridized carbons (Fsp3) is 0.588. The Kier molecular flexibility index (Phi) is 6.82. The molecule has 0 heterocycles. The van der Waals surface area contributed by atoms with E-state index < -0.39 is 0 Å². The van der Waals surface area contributed by atoms with Crippen molar-refractivity contribution < 1.29 is 9.18 Å². The molecule has 3 nitrogen and oxygen atoms in total. The first-order chi connectivity index (χ1) is 9.81. The molecule has 0 aliphatic carbocycles. The summed E-state index contributed by atoms with van der Waals surface area (Å²) < 4.78 is 12.8. The van der Waals surface area contributed by atoms with Gasteiger partial charge in [-0.2, -0.15) is 0 Å². The lowest BCUT2D eigenvalue weighted by molar-refractivity contribution is -0.121. The number of carbonyl (C=O) groups is 1. The third-order valence-electron chi connectivity index (χ3n) is 3.96. The van der Waals surface area contributed by atoms with Gasteiger partial charge in [-0.05, 0) is 64.9 Å². The normalized spacial score (nSPS) is 11.7. The van der Waals surface area contributed by atoms with Gasteiger partial charge in [0.25, 0.3) is 0 Å². The Labute approximate surface area is 127 Å². The average molecular weight is 294 g/mol. The van der Waals surface area contributed by atoms with Gasteiger partial charge in [0.1, 0.15) is 5.82 Å². The zero-order valence-electron chi connectivity index (χ0n) is 13.6. The maximum atomic E-state index is 12.8. The van der Waals surface area contributed by atoms with E-state index in [4.69, 9.17) is 0 Å². The zero-order valence-corrected chi connectivity index (χ0v) is 13.6. The van der Waals surface area contributed by atoms with Crippen LogP contribution in [0.3, 0.4) is 0 Å². The lowest BCUT2D eigenvalue weighted by atomic mass is 10.0. The summed E-state index contributed by atoms with van der Waals surface area (Å²) in [6, 6.07) is 6.56. The molecule has 1 amide bonds. The second-order valence-corrected chi connectivity index (χ2v) is 6.32. The van der Waals surface area contributed by atoms with E-state index in [0.29, 0.717) is 13.0 Å². The third-order valence-corrected chi connectivity index (χ3v) is 3.96. The van der Waals surface area contributed by atoms with E-state index in [2.05, 4.69) is 24.1 Å². The number of carbonyl (C=O) groups excluding carboxylic acids is 1. The van der Waals surface area contributed by atoms with E-state index >= 15 is 0 Å². The second kappa shape index (κ2) is 8.13. The molecule has 1 aromatic rings. The predicted octanol–water partition coefficient (Wildman–Crippen LogP) is 2.99. The minimum atomic E-state index is -0.207. The van der Waals surface area contributed by atoms with Crippen molar-refractivity contribution in [3.05, 3.63) is 35.6 Å². The van der Waals surface area contributed by atoms with Crippen LogP contribution in [0.2, 0.25) is 0 Å². The second-order valence-electron chi connectivity index (χ2n) is 6.32. The highest BCUT2D eigenvalue weighted by atomic mass is 19.1. The molecule has 21 heavy (non-hydrogen) atoms. The number of unbranched alkanes of at least 4 members (excludes halogenated alkanes) is 1. The first-order valence-electron chi connectivity index (χ1n) is 7.50. The zero-order chi connectivity index (χ0) is 15.9. The molecule has 118 valence electrons. The summed E-state index contributed by atoms with van der Waals surface area (Å²) in [5.41, 5.74) is 1.08. The molecule has 0 saturated carbocycles. The smallest absolute Gasteiger partial charge is 0.220 e. The predicted molar refractivity (Wildman–Crippen MR) is 84.7 cm³/mol. The molecular formula is C17H27FN2O. The number of hydrogen-bond acceptors (Lipinski definition) is 2. The first kappa shape index (κ1) is 17.6. The standard InChI is InChI=1S/C17H27FN2O/c1-17(2,20(3)4)13-19-16(21)8-6-5-7-14-9-11-15(18)12-10-14/h9-12H,5-8,13H2,1-4H3,(H,19,21). The number of nitrogens with one attached hydrogen (secondary N) is 1. The topological polar surface area (TPSA) is 32.3 Å². The summed E-state index contributed by atoms with van der Waals surface area (Å²) >= 11 is 0. The van der Waals surface area contributed by atoms with Crippen molar-refractivity contribution in [3.63, 3.8) is 0 Å². The van der Waals surface area contributed by atoms with Crippen LogP contribution in [-0.4, -0.2) is 37.0 Å². The molecule has 0 aromatic heterocycles. The summed E-state index contributed by atoms with van der Waals surface area (Å²) in [7, 11) is 4.02. The van der Waals surface area contributed by atoms with Crippen LogP contribution < -0.4 is 5.32 Å². The van der Waals surface area contributed by atoms with Crippen LogP contribution in [0.1, 0.15) is 38.7 Å². The summed E-state index contributed by atoms with van der Waals surface area (Å²) in [5.74, 6) is -0.106. The number of hydrogen-bond donors (Lipinski definition) is 1. The van der Waals surface area contributed by atoms with Gasteiger partial charge in [0.15, 0.2) is 0 Å². The molecule has 0 aliphatic heterocycles. The quantitative estimate of drug-likeness (QED) is 0.748. The van der Waals surface area contributed by atoms with E-state index in [9.17, 15) is 9.18 Å². The van der Waals surface area contributed by atoms with Crippen LogP contribution in [0, 0.1) is 5.82 Å². The van der Waals surface area contributed by atoms with E-state index in [1.165, 1.54) is 12.1 Å². The Hall–Kier alpha value is -1.42. The molecule has 4 heteroatoms. The van der Waals surface area contributed by atoms with Gasteiger partial charge in [0.2, 0.25) is 5.91 Å². The molecule has 0 aliphatic rings. The number of aryl methyl sites for hydroxylation is 1. The highest BCUT2D eigenvalue weighted by molar-refractivity contribution is 5.75. The van der Waals surface area contributed by atoms with Crippen LogP contribution >= 0.6 is 0 Å². The van der Waals surface area contributed by atoms with E-state index in [1.807, 2.05) is 14.1 Å². The van der Waals surface area contributed by atoms with Crippen LogP contribution in [-0.2, 0) is 11.2 Å². The minimum absolute atomic E-state index is 0.0379. The number of likely N-dealkylation sites (N-methyl/N-ethyl adjacent to an activating group) is 1. The maximum Gasteiger partial charge on any atom is 0.220 e. The van der Waals surface area contributed by atoms with E-state index in [1.54, 1.807) is 12.1 Å². The SMILES string of the molecule is CN(C)C(C)(C)CNC(=O)CCCCc1ccc(F)cc1. The molecule has 0 fully saturated rings. The number of amides is 1. The fourth-order valence-corrected chi connectivity index (χ4v) is 1.83. The van der Waals surface area contributed by atoms with Gasteiger partial charge < -0.3 is 10.2 Å². The molecule has 0 bridgehead atoms. The van der Waals surface area contributed by atoms with E-state index in [0.717, 1.165) is 24.8 Å². The van der Waals surface area contributed by atoms with Crippen molar-refractivity contribution in [2.75, 3.05) is 20.6 Å². The number of benzene rings is 1. The lowest BCUT2D eigenvalue weighted by Crippen LogP contribution is -2.48. The van der Waals surface area contributed by atoms with Gasteiger partial charge >= 0.3 is 0 Å². The van der Waals surface area contributed by atoms with Crippen LogP contribution in [0.15, 0.2) is 24.3 Å². The molecular weight excluding hydrogens is 267 g/mol. The van der Waals surface area contributed by atoms with Crippen molar-refractivity contribution >= 4 is 5.91 Å². The fourth-order valence-electron chi connectivity index (χ4n) is 1.83. The number of rotatable bonds is 8. The molecule has 0 atom stereocenters. The van der Waals surface area contributed by atoms with Crippen LogP contribution in [0.25, 0.3) is 0 Å². The van der Waals surface area contributed by atoms with Crippen molar-refractivity contribution in [1.29, 1.82) is 0 Å². The lowest BCUT2D eigenvalue weighted by Gasteiger charge is -2.32. The molecule has 1 rings (SSSR count). The molecule has 1 aromatic carbocycles. The molecule has 0 unspecified atom stereocenters. The molecule has 0 radical (unpaired) electrons. The molecule has 1 N–H and O–H groups in total. The summed E-state index contributed by atoms with van der Waals surface area (Å²) in [4.78, 5) is 13.9. The van der Waals surface area contributed by atoms with E-state index in [-0.39, 0.29) is 17.3 Å². The Morgan fingerprint density at radius 2 is 1.81 bits per heavy atom. The van der Waals surface area contributed by atoms with Crippen molar-refractivity contribution in [1.82, 2.24) is 10.2 Å². The van der Waals surface area contributed by atoms with Gasteiger partial charge in [-0.1, -0.05) is 12.1 Å². The Morgan fingerprint density at radius 1 is 1.19 bits per heavy atom. The molecule has 0 spiro atoms. The number of nitrogens with zero attached hydrogens (tertiary/aromatic N) is 1. The van der Waals surface area contributed by atoms with Crippen molar-refractivity contribution in [3.8, 4) is 0 Å². The van der Waals surface area contributed by atoms with Gasteiger partial charge in [-0.25, -0.2) is 4.39 Å². The largest absolute Gasteiger partial charge is 0.354 e. The Balaban J connectivity index is 2.18. The maximum absolute atomic E-state index is 12.8. The molecule has 0 saturated heterocycles. The summed E-state index contributed by atoms with van der Waals surface area (Å²) in [5, 5.41) is 2.98. The van der Waals surface area contributed by atoms with Gasteiger partial charge in [-0.3, -0.25) is 4.79 Å². The van der Waals surface area contributed by atoms with Gasteiger partial charge in [0, 0.05) is 18.5 Å². The first-order valence-corrected chi connectivity index (χ1v) is 7.50. The van der Waals surface area contributed by atoms with Crippen LogP contribution in [0.4, 0.5) is 4.39 Å². The Bertz CT molecular complexity index is 441. The highest BCUT2D eigenvalue weighted by Gasteiger charge is 2.20. The highest BCUT2D eigenvalue weighted by Crippen LogP contribution is 2.10. The monoisotopic (exact) mass is 294 g/mol. The minimum Gasteiger partial charge on any atom is -0.354 e. The van der Waals surface area contributed by atoms with Gasteiger partial charge in [0.05, 0.1) is 0 Å². The Morgan fingerprint density at radius 3 is 2.38 bits per heavy atom. The van der Waals surface area contributed by atoms with Crippen LogP contribution in [0.5, 0.6) is 0 Å².